The van der Waals surface area contributed by atoms with Crippen LogP contribution in [-0.2, 0) is 16.1 Å². The number of amides is 2. The van der Waals surface area contributed by atoms with Crippen molar-refractivity contribution in [3.63, 3.8) is 0 Å². The lowest BCUT2D eigenvalue weighted by Gasteiger charge is -2.30. The zero-order chi connectivity index (χ0) is 19.8. The maximum atomic E-state index is 14.6. The lowest BCUT2D eigenvalue weighted by atomic mass is 10.1. The molecule has 0 aliphatic carbocycles. The zero-order valence-corrected chi connectivity index (χ0v) is 15.8. The second kappa shape index (κ2) is 7.33. The van der Waals surface area contributed by atoms with Crippen molar-refractivity contribution in [3.05, 3.63) is 64.1 Å². The number of carbonyl (C=O) groups is 2. The molecule has 1 saturated heterocycles. The minimum absolute atomic E-state index is 0.0390. The Bertz CT molecular complexity index is 1040. The van der Waals surface area contributed by atoms with Crippen LogP contribution in [0.2, 0.25) is 0 Å². The molecule has 2 aliphatic rings. The number of nitrogens with zero attached hydrogens (tertiary/aromatic N) is 1. The van der Waals surface area contributed by atoms with Gasteiger partial charge in [0.2, 0.25) is 0 Å². The standard InChI is InChI=1S/C19H12F2N2O3S2/c20-12-3-1-10(2-4-12)8-23-14-6-11(7-15-18(25)22-19(27)28-15)5-13(21)17(14)26-9-16(23)24/h1-7H,8-9H2,(H,22,25,27). The van der Waals surface area contributed by atoms with Gasteiger partial charge in [0, 0.05) is 0 Å². The van der Waals surface area contributed by atoms with Gasteiger partial charge in [-0.3, -0.25) is 9.59 Å². The van der Waals surface area contributed by atoms with Crippen molar-refractivity contribution >= 4 is 51.9 Å². The SMILES string of the molecule is O=C1NC(=S)SC1=Cc1cc(F)c2c(c1)N(Cc1ccc(F)cc1)C(=O)CO2. The highest BCUT2D eigenvalue weighted by Crippen LogP contribution is 2.38. The van der Waals surface area contributed by atoms with Gasteiger partial charge in [0.1, 0.15) is 10.1 Å². The Labute approximate surface area is 168 Å². The molecule has 0 aromatic heterocycles. The van der Waals surface area contributed by atoms with E-state index in [0.29, 0.717) is 20.4 Å². The van der Waals surface area contributed by atoms with E-state index in [1.165, 1.54) is 29.2 Å². The Morgan fingerprint density at radius 2 is 1.96 bits per heavy atom. The minimum Gasteiger partial charge on any atom is -0.478 e. The second-order valence-electron chi connectivity index (χ2n) is 6.10. The smallest absolute Gasteiger partial charge is 0.265 e. The quantitative estimate of drug-likeness (QED) is 0.612. The molecule has 2 aromatic rings. The molecule has 2 aliphatic heterocycles. The average Bonchev–Trinajstić information content (AvgIpc) is 2.96. The Morgan fingerprint density at radius 1 is 1.21 bits per heavy atom. The van der Waals surface area contributed by atoms with Crippen LogP contribution >= 0.6 is 24.0 Å². The van der Waals surface area contributed by atoms with E-state index in [1.54, 1.807) is 18.2 Å². The molecule has 0 radical (unpaired) electrons. The molecule has 4 rings (SSSR count). The lowest BCUT2D eigenvalue weighted by Crippen LogP contribution is -2.38. The number of thioether (sulfide) groups is 1. The minimum atomic E-state index is -0.646. The van der Waals surface area contributed by atoms with Gasteiger partial charge >= 0.3 is 0 Å². The summed E-state index contributed by atoms with van der Waals surface area (Å²) in [5.74, 6) is -1.78. The number of benzene rings is 2. The third-order valence-corrected chi connectivity index (χ3v) is 5.33. The van der Waals surface area contributed by atoms with Crippen molar-refractivity contribution in [3.8, 4) is 5.75 Å². The van der Waals surface area contributed by atoms with Gasteiger partial charge in [0.15, 0.2) is 18.2 Å². The first-order valence-corrected chi connectivity index (χ1v) is 9.39. The summed E-state index contributed by atoms with van der Waals surface area (Å²) in [6, 6.07) is 8.50. The third-order valence-electron chi connectivity index (χ3n) is 4.17. The van der Waals surface area contributed by atoms with E-state index >= 15 is 0 Å². The van der Waals surface area contributed by atoms with Crippen molar-refractivity contribution in [2.75, 3.05) is 11.5 Å². The topological polar surface area (TPSA) is 58.6 Å². The number of hydrogen-bond donors (Lipinski definition) is 1. The first-order valence-electron chi connectivity index (χ1n) is 8.17. The van der Waals surface area contributed by atoms with Crippen LogP contribution in [0.5, 0.6) is 5.75 Å². The summed E-state index contributed by atoms with van der Waals surface area (Å²) in [5.41, 5.74) is 1.32. The van der Waals surface area contributed by atoms with Crippen LogP contribution in [-0.4, -0.2) is 22.7 Å². The molecular weight excluding hydrogens is 406 g/mol. The summed E-state index contributed by atoms with van der Waals surface area (Å²) in [5, 5.41) is 2.49. The summed E-state index contributed by atoms with van der Waals surface area (Å²) >= 11 is 6.02. The number of halogens is 2. The number of ether oxygens (including phenoxy) is 1. The molecule has 1 fully saturated rings. The van der Waals surface area contributed by atoms with Crippen molar-refractivity contribution in [2.24, 2.45) is 0 Å². The first-order chi connectivity index (χ1) is 13.4. The molecule has 2 amide bonds. The first kappa shape index (κ1) is 18.6. The van der Waals surface area contributed by atoms with Crippen LogP contribution in [0.15, 0.2) is 41.3 Å². The van der Waals surface area contributed by atoms with Crippen LogP contribution in [0, 0.1) is 11.6 Å². The van der Waals surface area contributed by atoms with Crippen molar-refractivity contribution in [1.29, 1.82) is 0 Å². The van der Waals surface area contributed by atoms with Crippen molar-refractivity contribution in [1.82, 2.24) is 5.32 Å². The predicted octanol–water partition coefficient (Wildman–Crippen LogP) is 3.38. The van der Waals surface area contributed by atoms with Crippen molar-refractivity contribution < 1.29 is 23.1 Å². The fourth-order valence-electron chi connectivity index (χ4n) is 2.89. The number of carbonyl (C=O) groups excluding carboxylic acids is 2. The number of rotatable bonds is 3. The number of hydrogen-bond acceptors (Lipinski definition) is 5. The molecule has 5 nitrogen and oxygen atoms in total. The monoisotopic (exact) mass is 418 g/mol. The van der Waals surface area contributed by atoms with E-state index in [1.807, 2.05) is 0 Å². The molecule has 9 heteroatoms. The Morgan fingerprint density at radius 3 is 2.64 bits per heavy atom. The second-order valence-corrected chi connectivity index (χ2v) is 7.82. The van der Waals surface area contributed by atoms with E-state index in [4.69, 9.17) is 17.0 Å². The summed E-state index contributed by atoms with van der Waals surface area (Å²) < 4.78 is 33.3. The van der Waals surface area contributed by atoms with Gasteiger partial charge in [0.05, 0.1) is 17.1 Å². The molecular formula is C19H12F2N2O3S2. The van der Waals surface area contributed by atoms with E-state index in [0.717, 1.165) is 11.8 Å². The third kappa shape index (κ3) is 3.63. The maximum Gasteiger partial charge on any atom is 0.265 e. The highest BCUT2D eigenvalue weighted by Gasteiger charge is 2.29. The Hall–Kier alpha value is -2.78. The number of nitrogens with one attached hydrogen (secondary N) is 1. The highest BCUT2D eigenvalue weighted by molar-refractivity contribution is 8.26. The molecule has 0 bridgehead atoms. The molecule has 28 heavy (non-hydrogen) atoms. The van der Waals surface area contributed by atoms with Gasteiger partial charge < -0.3 is 15.0 Å². The Kier molecular flexibility index (Phi) is 4.86. The largest absolute Gasteiger partial charge is 0.478 e. The van der Waals surface area contributed by atoms with Gasteiger partial charge in [-0.25, -0.2) is 8.78 Å². The van der Waals surface area contributed by atoms with Gasteiger partial charge in [-0.05, 0) is 41.5 Å². The maximum absolute atomic E-state index is 14.6. The van der Waals surface area contributed by atoms with E-state index in [2.05, 4.69) is 5.32 Å². The zero-order valence-electron chi connectivity index (χ0n) is 14.2. The summed E-state index contributed by atoms with van der Waals surface area (Å²) in [6.07, 6.45) is 1.50. The van der Waals surface area contributed by atoms with E-state index in [-0.39, 0.29) is 42.2 Å². The number of thiocarbonyl (C=S) groups is 1. The van der Waals surface area contributed by atoms with Crippen LogP contribution < -0.4 is 15.0 Å². The summed E-state index contributed by atoms with van der Waals surface area (Å²) in [6.45, 7) is -0.160. The normalized spacial score (nSPS) is 17.6. The van der Waals surface area contributed by atoms with Gasteiger partial charge in [-0.2, -0.15) is 0 Å². The molecule has 0 saturated carbocycles. The average molecular weight is 418 g/mol. The fraction of sp³-hybridized carbons (Fsp3) is 0.105. The highest BCUT2D eigenvalue weighted by atomic mass is 32.2. The Balaban J connectivity index is 1.72. The molecule has 1 N–H and O–H groups in total. The fourth-order valence-corrected chi connectivity index (χ4v) is 3.93. The van der Waals surface area contributed by atoms with Crippen LogP contribution in [0.4, 0.5) is 14.5 Å². The molecule has 0 atom stereocenters. The molecule has 0 spiro atoms. The van der Waals surface area contributed by atoms with Gasteiger partial charge in [0.25, 0.3) is 11.8 Å². The van der Waals surface area contributed by atoms with Gasteiger partial charge in [-0.15, -0.1) is 0 Å². The molecule has 0 unspecified atom stereocenters. The lowest BCUT2D eigenvalue weighted by molar-refractivity contribution is -0.121. The summed E-state index contributed by atoms with van der Waals surface area (Å²) in [4.78, 5) is 26.0. The van der Waals surface area contributed by atoms with Crippen molar-refractivity contribution in [2.45, 2.75) is 6.54 Å². The molecule has 142 valence electrons. The number of anilines is 1. The summed E-state index contributed by atoms with van der Waals surface area (Å²) in [7, 11) is 0. The van der Waals surface area contributed by atoms with Crippen LogP contribution in [0.3, 0.4) is 0 Å². The van der Waals surface area contributed by atoms with E-state index in [9.17, 15) is 18.4 Å². The van der Waals surface area contributed by atoms with Crippen LogP contribution in [0.1, 0.15) is 11.1 Å². The van der Waals surface area contributed by atoms with Gasteiger partial charge in [-0.1, -0.05) is 36.1 Å². The molecule has 2 heterocycles. The van der Waals surface area contributed by atoms with Crippen LogP contribution in [0.25, 0.3) is 6.08 Å². The number of fused-ring (bicyclic) bond motifs is 1. The predicted molar refractivity (Wildman–Crippen MR) is 106 cm³/mol. The molecule has 2 aromatic carbocycles. The van der Waals surface area contributed by atoms with E-state index < -0.39 is 5.82 Å².